The van der Waals surface area contributed by atoms with E-state index < -0.39 is 12.0 Å². The van der Waals surface area contributed by atoms with Crippen LogP contribution in [0.25, 0.3) is 10.9 Å². The molecule has 0 radical (unpaired) electrons. The number of hydrogen-bond donors (Lipinski definition) is 7. The molecular weight excluding hydrogens is 903 g/mol. The van der Waals surface area contributed by atoms with Crippen LogP contribution in [-0.4, -0.2) is 156 Å². The number of aliphatic hydroxyl groups excluding tert-OH is 2. The van der Waals surface area contributed by atoms with Crippen LogP contribution in [0, 0.1) is 11.3 Å². The molecule has 4 fully saturated rings. The van der Waals surface area contributed by atoms with Gasteiger partial charge in [-0.05, 0) is 99.4 Å². The van der Waals surface area contributed by atoms with E-state index in [0.717, 1.165) is 127 Å². The molecule has 0 bridgehead atoms. The van der Waals surface area contributed by atoms with Crippen LogP contribution in [0.3, 0.4) is 0 Å². The van der Waals surface area contributed by atoms with Crippen LogP contribution < -0.4 is 41.5 Å². The van der Waals surface area contributed by atoms with Crippen molar-refractivity contribution in [2.45, 2.75) is 76.7 Å². The molecule has 8 N–H and O–H groups in total. The van der Waals surface area contributed by atoms with Gasteiger partial charge in [0.15, 0.2) is 0 Å². The van der Waals surface area contributed by atoms with Crippen molar-refractivity contribution in [2.24, 2.45) is 11.7 Å². The second kappa shape index (κ2) is 25.1. The minimum Gasteiger partial charge on any atom is -0.394 e. The monoisotopic (exact) mass is 974 g/mol. The van der Waals surface area contributed by atoms with E-state index in [9.17, 15) is 14.7 Å². The van der Waals surface area contributed by atoms with Gasteiger partial charge >= 0.3 is 0 Å². The summed E-state index contributed by atoms with van der Waals surface area (Å²) in [5, 5.41) is 40.1. The van der Waals surface area contributed by atoms with E-state index in [0.29, 0.717) is 46.9 Å². The fourth-order valence-corrected chi connectivity index (χ4v) is 9.96. The third-order valence-corrected chi connectivity index (χ3v) is 13.9. The number of aliphatic hydroxyl groups is 2. The van der Waals surface area contributed by atoms with Gasteiger partial charge in [0.05, 0.1) is 18.9 Å². The predicted octanol–water partition coefficient (Wildman–Crippen LogP) is 5.26. The molecule has 9 rings (SSSR count). The van der Waals surface area contributed by atoms with E-state index in [2.05, 4.69) is 84.5 Å². The van der Waals surface area contributed by atoms with Crippen LogP contribution in [0.5, 0.6) is 0 Å². The van der Waals surface area contributed by atoms with Crippen molar-refractivity contribution < 1.29 is 19.7 Å². The number of amides is 1. The number of aromatic nitrogens is 6. The SMILES string of the molecule is COCCC1CCCN(c2ccc(Nc3nc(N4CCCCCC4)nc4cn[nH]c(=O)c34)cc2)C1.N=Cc1nc(N2CCCCCC2)nc(Nc2ccc(N3CCN(CC(O)CO)CC3)cc2)c1C(N)=O. The zero-order chi connectivity index (χ0) is 49.5. The molecule has 4 aliphatic rings. The van der Waals surface area contributed by atoms with E-state index in [1.807, 2.05) is 24.3 Å². The number of piperazine rings is 1. The number of benzene rings is 2. The van der Waals surface area contributed by atoms with Crippen molar-refractivity contribution in [1.82, 2.24) is 35.0 Å². The summed E-state index contributed by atoms with van der Waals surface area (Å²) < 4.78 is 5.28. The number of aromatic amines is 1. The number of H-pyrrole nitrogens is 1. The first-order valence-electron chi connectivity index (χ1n) is 25.4. The molecule has 0 spiro atoms. The maximum atomic E-state index is 12.6. The fourth-order valence-electron chi connectivity index (χ4n) is 9.96. The summed E-state index contributed by atoms with van der Waals surface area (Å²) in [6.07, 6.45) is 14.7. The number of β-amino-alcohol motifs (C(OH)–C–C–N with tert-alkyl or cyclic N) is 1. The van der Waals surface area contributed by atoms with Gasteiger partial charge < -0.3 is 56.3 Å². The first-order valence-corrected chi connectivity index (χ1v) is 25.4. The van der Waals surface area contributed by atoms with Crippen molar-refractivity contribution in [3.05, 3.63) is 76.3 Å². The maximum absolute atomic E-state index is 12.6. The van der Waals surface area contributed by atoms with Gasteiger partial charge in [-0.2, -0.15) is 15.1 Å². The van der Waals surface area contributed by atoms with Crippen LogP contribution >= 0.6 is 0 Å². The molecule has 2 aromatic carbocycles. The number of ether oxygens (including phenoxy) is 1. The van der Waals surface area contributed by atoms with Crippen LogP contribution in [-0.2, 0) is 4.74 Å². The number of hydrogen-bond acceptors (Lipinski definition) is 18. The zero-order valence-corrected chi connectivity index (χ0v) is 41.1. The summed E-state index contributed by atoms with van der Waals surface area (Å²) in [4.78, 5) is 54.7. The van der Waals surface area contributed by atoms with Gasteiger partial charge in [-0.15, -0.1) is 0 Å². The van der Waals surface area contributed by atoms with Gasteiger partial charge in [-0.25, -0.2) is 15.1 Å². The molecule has 380 valence electrons. The van der Waals surface area contributed by atoms with Gasteiger partial charge in [0.2, 0.25) is 11.9 Å². The summed E-state index contributed by atoms with van der Waals surface area (Å²) in [6.45, 7) is 10.0. The molecule has 5 aromatic rings. The van der Waals surface area contributed by atoms with Crippen molar-refractivity contribution in [2.75, 3.05) is 123 Å². The number of carbonyl (C=O) groups is 1. The Balaban J connectivity index is 0.000000190. The summed E-state index contributed by atoms with van der Waals surface area (Å²) in [5.41, 5.74) is 10.2. The van der Waals surface area contributed by atoms with E-state index in [1.54, 1.807) is 13.3 Å². The number of primary amides is 1. The van der Waals surface area contributed by atoms with Gasteiger partial charge in [0, 0.05) is 115 Å². The normalized spacial score (nSPS) is 18.5. The van der Waals surface area contributed by atoms with Crippen molar-refractivity contribution in [3.8, 4) is 0 Å². The van der Waals surface area contributed by atoms with Gasteiger partial charge in [-0.3, -0.25) is 14.5 Å². The summed E-state index contributed by atoms with van der Waals surface area (Å²) in [5.74, 6) is 1.97. The molecule has 20 nitrogen and oxygen atoms in total. The van der Waals surface area contributed by atoms with E-state index in [-0.39, 0.29) is 23.4 Å². The molecule has 71 heavy (non-hydrogen) atoms. The molecule has 4 saturated heterocycles. The summed E-state index contributed by atoms with van der Waals surface area (Å²) in [7, 11) is 1.77. The number of anilines is 8. The number of nitrogens with zero attached hydrogens (tertiary/aromatic N) is 10. The van der Waals surface area contributed by atoms with Crippen molar-refractivity contribution in [1.29, 1.82) is 5.41 Å². The third-order valence-electron chi connectivity index (χ3n) is 13.9. The van der Waals surface area contributed by atoms with Gasteiger partial charge in [0.1, 0.15) is 33.8 Å². The minimum absolute atomic E-state index is 0.105. The average Bonchev–Trinajstić information content (AvgIpc) is 3.86. The van der Waals surface area contributed by atoms with Crippen LogP contribution in [0.2, 0.25) is 0 Å². The number of nitrogens with two attached hydrogens (primary N) is 1. The highest BCUT2D eigenvalue weighted by Crippen LogP contribution is 2.30. The smallest absolute Gasteiger partial charge is 0.277 e. The topological polar surface area (TPSA) is 254 Å². The minimum atomic E-state index is -0.706. The molecular formula is C51H71N15O5. The van der Waals surface area contributed by atoms with Crippen molar-refractivity contribution in [3.63, 3.8) is 0 Å². The number of piperidine rings is 1. The molecule has 2 unspecified atom stereocenters. The number of carbonyl (C=O) groups excluding carboxylic acids is 1. The Bertz CT molecular complexity index is 2560. The highest BCUT2D eigenvalue weighted by molar-refractivity contribution is 6.04. The number of rotatable bonds is 16. The maximum Gasteiger partial charge on any atom is 0.277 e. The third kappa shape index (κ3) is 13.5. The lowest BCUT2D eigenvalue weighted by Gasteiger charge is -2.36. The predicted molar refractivity (Wildman–Crippen MR) is 280 cm³/mol. The summed E-state index contributed by atoms with van der Waals surface area (Å²) in [6, 6.07) is 16.3. The summed E-state index contributed by atoms with van der Waals surface area (Å²) >= 11 is 0. The Morgan fingerprint density at radius 1 is 0.775 bits per heavy atom. The zero-order valence-electron chi connectivity index (χ0n) is 41.1. The number of nitrogens with one attached hydrogen (secondary N) is 4. The van der Waals surface area contributed by atoms with Gasteiger partial charge in [0.25, 0.3) is 11.5 Å². The molecule has 4 aliphatic heterocycles. The average molecular weight is 974 g/mol. The first kappa shape index (κ1) is 50.9. The van der Waals surface area contributed by atoms with Gasteiger partial charge in [-0.1, -0.05) is 25.7 Å². The van der Waals surface area contributed by atoms with E-state index >= 15 is 0 Å². The fraction of sp³-hybridized carbons (Fsp3) is 0.529. The lowest BCUT2D eigenvalue weighted by molar-refractivity contribution is 0.0575. The standard InChI is InChI=1S/C26H35N7O2.C25H36N8O3/c1-35-16-12-19-7-6-15-33(18-19)21-10-8-20(9-11-21)28-24-23-22(17-27-31-25(23)34)29-26(30-24)32-13-4-2-3-5-14-32;26-15-21-22(23(27)36)24(30-25(29-21)33-9-3-1-2-4-10-33)28-18-5-7-19(8-6-18)32-13-11-31(12-14-32)16-20(35)17-34/h8-11,17,19H,2-7,12-16,18H2,1H3,(H,31,34)(H,28,29,30);5-8,15,20,26,34-35H,1-4,9-14,16-17H2,(H2,27,36)(H,28,29,30). The Kier molecular flexibility index (Phi) is 18.0. The molecule has 0 aliphatic carbocycles. The highest BCUT2D eigenvalue weighted by Gasteiger charge is 2.24. The lowest BCUT2D eigenvalue weighted by Crippen LogP contribution is -2.49. The van der Waals surface area contributed by atoms with Crippen LogP contribution in [0.4, 0.5) is 46.3 Å². The van der Waals surface area contributed by atoms with Crippen LogP contribution in [0.1, 0.15) is 86.7 Å². The Morgan fingerprint density at radius 3 is 1.92 bits per heavy atom. The second-order valence-corrected chi connectivity index (χ2v) is 19.0. The van der Waals surface area contributed by atoms with E-state index in [4.69, 9.17) is 26.0 Å². The molecule has 2 atom stereocenters. The lowest BCUT2D eigenvalue weighted by atomic mass is 9.95. The molecule has 0 saturated carbocycles. The quantitative estimate of drug-likeness (QED) is 0.0623. The van der Waals surface area contributed by atoms with Crippen LogP contribution in [0.15, 0.2) is 59.5 Å². The highest BCUT2D eigenvalue weighted by atomic mass is 16.5. The Labute approximate surface area is 415 Å². The Hall–Kier alpha value is -6.48. The molecule has 7 heterocycles. The van der Waals surface area contributed by atoms with E-state index in [1.165, 1.54) is 44.2 Å². The molecule has 1 amide bonds. The first-order chi connectivity index (χ1) is 34.7. The largest absolute Gasteiger partial charge is 0.394 e. The number of fused-ring (bicyclic) bond motifs is 1. The number of methoxy groups -OCH3 is 1. The molecule has 3 aromatic heterocycles. The van der Waals surface area contributed by atoms with Crippen molar-refractivity contribution >= 4 is 69.3 Å². The second-order valence-electron chi connectivity index (χ2n) is 19.0. The molecule has 20 heteroatoms. The Morgan fingerprint density at radius 2 is 1.34 bits per heavy atom.